The predicted octanol–water partition coefficient (Wildman–Crippen LogP) is 2.10. The molecule has 0 fully saturated rings. The van der Waals surface area contributed by atoms with Gasteiger partial charge in [0.2, 0.25) is 0 Å². The van der Waals surface area contributed by atoms with Gasteiger partial charge in [-0.3, -0.25) is 0 Å². The fourth-order valence-corrected chi connectivity index (χ4v) is 3.51. The second-order valence-electron chi connectivity index (χ2n) is 5.78. The van der Waals surface area contributed by atoms with Crippen molar-refractivity contribution in [3.8, 4) is 0 Å². The Morgan fingerprint density at radius 1 is 1.28 bits per heavy atom. The van der Waals surface area contributed by atoms with Crippen LogP contribution in [0.3, 0.4) is 0 Å². The van der Waals surface area contributed by atoms with Crippen molar-refractivity contribution in [2.75, 3.05) is 32.6 Å². The first-order valence-electron chi connectivity index (χ1n) is 8.16. The number of esters is 1. The molecule has 0 aliphatic heterocycles. The van der Waals surface area contributed by atoms with Crippen LogP contribution in [0.2, 0.25) is 0 Å². The fourth-order valence-electron chi connectivity index (χ4n) is 2.35. The van der Waals surface area contributed by atoms with E-state index >= 15 is 0 Å². The monoisotopic (exact) mass is 378 g/mol. The van der Waals surface area contributed by atoms with Gasteiger partial charge in [0.1, 0.15) is 6.04 Å². The van der Waals surface area contributed by atoms with Gasteiger partial charge in [0.05, 0.1) is 37.7 Å². The Bertz CT molecular complexity index is 685. The van der Waals surface area contributed by atoms with Crippen molar-refractivity contribution in [2.24, 2.45) is 0 Å². The third kappa shape index (κ3) is 5.81. The Morgan fingerprint density at radius 2 is 2.00 bits per heavy atom. The molecule has 1 atom stereocenters. The topological polar surface area (TPSA) is 54.8 Å². The highest BCUT2D eigenvalue weighted by Crippen LogP contribution is 2.16. The van der Waals surface area contributed by atoms with E-state index in [1.165, 1.54) is 9.78 Å². The zero-order valence-corrected chi connectivity index (χ0v) is 16.3. The lowest BCUT2D eigenvalue weighted by Gasteiger charge is -2.21. The predicted molar refractivity (Wildman–Crippen MR) is 106 cm³/mol. The molecule has 3 N–H and O–H groups in total. The van der Waals surface area contributed by atoms with E-state index in [9.17, 15) is 4.79 Å². The van der Waals surface area contributed by atoms with Crippen LogP contribution < -0.4 is 15.5 Å². The van der Waals surface area contributed by atoms with Crippen LogP contribution >= 0.6 is 23.6 Å². The van der Waals surface area contributed by atoms with Gasteiger partial charge < -0.3 is 20.3 Å². The molecule has 1 aromatic heterocycles. The lowest BCUT2D eigenvalue weighted by Crippen LogP contribution is -3.06. The highest BCUT2D eigenvalue weighted by molar-refractivity contribution is 7.80. The lowest BCUT2D eigenvalue weighted by atomic mass is 10.2. The summed E-state index contributed by atoms with van der Waals surface area (Å²) in [5.41, 5.74) is 1.36. The number of hydrogen-bond acceptors (Lipinski definition) is 4. The van der Waals surface area contributed by atoms with Crippen molar-refractivity contribution in [3.63, 3.8) is 0 Å². The molecule has 0 aliphatic rings. The molecule has 0 aliphatic carbocycles. The summed E-state index contributed by atoms with van der Waals surface area (Å²) in [6.07, 6.45) is 0. The molecule has 25 heavy (non-hydrogen) atoms. The largest absolute Gasteiger partial charge is 0.462 e. The first-order chi connectivity index (χ1) is 12.0. The number of nitrogens with one attached hydrogen (secondary N) is 3. The number of thiophene rings is 1. The second-order valence-corrected chi connectivity index (χ2v) is 7.17. The molecule has 2 rings (SSSR count). The van der Waals surface area contributed by atoms with E-state index in [2.05, 4.69) is 42.2 Å². The van der Waals surface area contributed by atoms with E-state index in [4.69, 9.17) is 17.0 Å². The van der Waals surface area contributed by atoms with E-state index in [0.717, 1.165) is 12.2 Å². The molecule has 1 heterocycles. The number of anilines is 1. The number of benzene rings is 1. The molecule has 0 amide bonds. The number of thiocarbonyl (C=S) groups is 1. The van der Waals surface area contributed by atoms with Gasteiger partial charge in [0, 0.05) is 5.69 Å². The summed E-state index contributed by atoms with van der Waals surface area (Å²) in [5.74, 6) is -0.317. The van der Waals surface area contributed by atoms with E-state index < -0.39 is 0 Å². The molecule has 0 bridgehead atoms. The number of ether oxygens (including phenoxy) is 1. The fraction of sp³-hybridized carbons (Fsp3) is 0.333. The van der Waals surface area contributed by atoms with Crippen LogP contribution in [0.1, 0.15) is 28.2 Å². The minimum atomic E-state index is -0.317. The molecule has 134 valence electrons. The van der Waals surface area contributed by atoms with Gasteiger partial charge in [-0.05, 0) is 54.9 Å². The van der Waals surface area contributed by atoms with Gasteiger partial charge in [-0.2, -0.15) is 0 Å². The van der Waals surface area contributed by atoms with Gasteiger partial charge in [0.15, 0.2) is 5.11 Å². The molecular weight excluding hydrogens is 354 g/mol. The summed E-state index contributed by atoms with van der Waals surface area (Å²) in [6.45, 7) is 2.90. The maximum Gasteiger partial charge on any atom is 0.338 e. The average Bonchev–Trinajstić information content (AvgIpc) is 3.10. The Hall–Kier alpha value is -1.96. The van der Waals surface area contributed by atoms with E-state index in [-0.39, 0.29) is 5.97 Å². The maximum absolute atomic E-state index is 11.6. The first-order valence-corrected chi connectivity index (χ1v) is 9.45. The molecule has 2 aromatic rings. The Kier molecular flexibility index (Phi) is 7.36. The second kappa shape index (κ2) is 9.50. The van der Waals surface area contributed by atoms with Crippen molar-refractivity contribution in [1.82, 2.24) is 5.32 Å². The molecule has 0 unspecified atom stereocenters. The van der Waals surface area contributed by atoms with E-state index in [1.54, 1.807) is 30.4 Å². The normalized spacial score (nSPS) is 11.8. The van der Waals surface area contributed by atoms with Crippen LogP contribution in [-0.2, 0) is 4.74 Å². The minimum Gasteiger partial charge on any atom is -0.462 e. The number of likely N-dealkylation sites (N-methyl/N-ethyl adjacent to an activating group) is 1. The van der Waals surface area contributed by atoms with E-state index in [1.807, 2.05) is 12.1 Å². The van der Waals surface area contributed by atoms with Gasteiger partial charge in [0.25, 0.3) is 0 Å². The van der Waals surface area contributed by atoms with Crippen molar-refractivity contribution in [2.45, 2.75) is 13.0 Å². The van der Waals surface area contributed by atoms with Crippen molar-refractivity contribution < 1.29 is 14.4 Å². The summed E-state index contributed by atoms with van der Waals surface area (Å²) < 4.78 is 4.97. The summed E-state index contributed by atoms with van der Waals surface area (Å²) >= 11 is 7.13. The van der Waals surface area contributed by atoms with Crippen LogP contribution in [0.15, 0.2) is 41.8 Å². The summed E-state index contributed by atoms with van der Waals surface area (Å²) in [6, 6.07) is 11.6. The van der Waals surface area contributed by atoms with Crippen LogP contribution in [0.5, 0.6) is 0 Å². The number of quaternary nitrogens is 1. The maximum atomic E-state index is 11.6. The Morgan fingerprint density at radius 3 is 2.56 bits per heavy atom. The number of carbonyl (C=O) groups excluding carboxylic acids is 1. The Balaban J connectivity index is 1.88. The van der Waals surface area contributed by atoms with Crippen molar-refractivity contribution >= 4 is 40.3 Å². The molecular formula is C18H24N3O2S2+. The van der Waals surface area contributed by atoms with Crippen molar-refractivity contribution in [3.05, 3.63) is 52.2 Å². The van der Waals surface area contributed by atoms with Gasteiger partial charge in [-0.15, -0.1) is 11.3 Å². The highest BCUT2D eigenvalue weighted by atomic mass is 32.1. The third-order valence-corrected chi connectivity index (χ3v) is 4.94. The molecule has 0 saturated carbocycles. The van der Waals surface area contributed by atoms with Crippen LogP contribution in [0, 0.1) is 0 Å². The number of carbonyl (C=O) groups is 1. The number of rotatable bonds is 7. The molecule has 1 aromatic carbocycles. The molecule has 5 nitrogen and oxygen atoms in total. The zero-order valence-electron chi connectivity index (χ0n) is 14.7. The van der Waals surface area contributed by atoms with Crippen molar-refractivity contribution in [1.29, 1.82) is 0 Å². The average molecular weight is 379 g/mol. The van der Waals surface area contributed by atoms with Gasteiger partial charge in [-0.25, -0.2) is 4.79 Å². The molecule has 0 spiro atoms. The summed E-state index contributed by atoms with van der Waals surface area (Å²) in [7, 11) is 4.27. The smallest absolute Gasteiger partial charge is 0.338 e. The third-order valence-electron chi connectivity index (χ3n) is 3.70. The minimum absolute atomic E-state index is 0.317. The van der Waals surface area contributed by atoms with E-state index in [0.29, 0.717) is 23.3 Å². The standard InChI is InChI=1S/C18H23N3O2S2/c1-4-23-17(22)13-7-9-14(10-8-13)20-18(24)19-12-15(21(2)3)16-6-5-11-25-16/h5-11,15H,4,12H2,1-3H3,(H2,19,20,24)/p+1/t15-/m1/s1. The van der Waals surface area contributed by atoms with Crippen LogP contribution in [-0.4, -0.2) is 38.3 Å². The molecule has 0 radical (unpaired) electrons. The highest BCUT2D eigenvalue weighted by Gasteiger charge is 2.18. The van der Waals surface area contributed by atoms with Crippen LogP contribution in [0.25, 0.3) is 0 Å². The lowest BCUT2D eigenvalue weighted by molar-refractivity contribution is -0.890. The van der Waals surface area contributed by atoms with Gasteiger partial charge >= 0.3 is 5.97 Å². The van der Waals surface area contributed by atoms with Crippen LogP contribution in [0.4, 0.5) is 5.69 Å². The molecule has 0 saturated heterocycles. The molecule has 7 heteroatoms. The summed E-state index contributed by atoms with van der Waals surface area (Å²) in [5, 5.41) is 9.07. The number of hydrogen-bond donors (Lipinski definition) is 3. The zero-order chi connectivity index (χ0) is 18.2. The SMILES string of the molecule is CCOC(=O)c1ccc(NC(=S)NC[C@H](c2cccs2)[NH+](C)C)cc1. The Labute approximate surface area is 158 Å². The first kappa shape index (κ1) is 19.4. The summed E-state index contributed by atoms with van der Waals surface area (Å²) in [4.78, 5) is 14.3. The van der Waals surface area contributed by atoms with Gasteiger partial charge in [-0.1, -0.05) is 6.07 Å². The quantitative estimate of drug-likeness (QED) is 0.509.